The van der Waals surface area contributed by atoms with Crippen molar-refractivity contribution in [2.45, 2.75) is 32.4 Å². The second kappa shape index (κ2) is 5.50. The van der Waals surface area contributed by atoms with Crippen LogP contribution in [0.4, 0.5) is 0 Å². The first kappa shape index (κ1) is 12.5. The van der Waals surface area contributed by atoms with Crippen LogP contribution in [0.25, 0.3) is 0 Å². The van der Waals surface area contributed by atoms with Crippen LogP contribution in [0.5, 0.6) is 0 Å². The number of alkyl halides is 1. The van der Waals surface area contributed by atoms with E-state index < -0.39 is 0 Å². The number of halogens is 2. The molecule has 0 atom stereocenters. The molecule has 1 nitrogen and oxygen atoms in total. The molecule has 1 aromatic heterocycles. The fourth-order valence-electron chi connectivity index (χ4n) is 1.10. The Morgan fingerprint density at radius 3 is 2.79 bits per heavy atom. The minimum Gasteiger partial charge on any atom is -0.307 e. The maximum absolute atomic E-state index is 5.73. The zero-order valence-electron chi connectivity index (χ0n) is 8.44. The molecule has 0 saturated heterocycles. The van der Waals surface area contributed by atoms with Gasteiger partial charge in [0.05, 0.1) is 0 Å². The molecule has 0 radical (unpaired) electrons. The molecule has 0 fully saturated rings. The summed E-state index contributed by atoms with van der Waals surface area (Å²) in [6, 6.07) is 2.08. The van der Waals surface area contributed by atoms with Gasteiger partial charge in [-0.2, -0.15) is 0 Å². The van der Waals surface area contributed by atoms with Gasteiger partial charge < -0.3 is 5.32 Å². The highest BCUT2D eigenvalue weighted by Crippen LogP contribution is 2.23. The molecule has 4 heteroatoms. The van der Waals surface area contributed by atoms with Crippen LogP contribution in [0.2, 0.25) is 0 Å². The summed E-state index contributed by atoms with van der Waals surface area (Å²) in [5, 5.41) is 5.59. The number of thiophene rings is 1. The molecular weight excluding hydrogens is 282 g/mol. The maximum Gasteiger partial charge on any atom is 0.0327 e. The number of nitrogens with one attached hydrogen (secondary N) is 1. The second-order valence-electron chi connectivity index (χ2n) is 3.87. The largest absolute Gasteiger partial charge is 0.307 e. The van der Waals surface area contributed by atoms with E-state index in [1.807, 2.05) is 0 Å². The van der Waals surface area contributed by atoms with E-state index in [-0.39, 0.29) is 5.54 Å². The Balaban J connectivity index is 2.44. The third kappa shape index (κ3) is 3.89. The van der Waals surface area contributed by atoms with Gasteiger partial charge in [0.25, 0.3) is 0 Å². The molecule has 0 aromatic carbocycles. The summed E-state index contributed by atoms with van der Waals surface area (Å²) >= 11 is 11.0. The van der Waals surface area contributed by atoms with Crippen molar-refractivity contribution >= 4 is 38.9 Å². The van der Waals surface area contributed by atoms with E-state index in [1.54, 1.807) is 11.3 Å². The van der Waals surface area contributed by atoms with E-state index in [0.29, 0.717) is 5.88 Å². The average Bonchev–Trinajstić information content (AvgIpc) is 2.48. The maximum atomic E-state index is 5.73. The summed E-state index contributed by atoms with van der Waals surface area (Å²) in [5.74, 6) is 0.700. The highest BCUT2D eigenvalue weighted by atomic mass is 79.9. The van der Waals surface area contributed by atoms with Crippen molar-refractivity contribution in [1.29, 1.82) is 0 Å². The molecule has 1 rings (SSSR count). The van der Waals surface area contributed by atoms with Gasteiger partial charge in [0, 0.05) is 27.3 Å². The molecular formula is C10H15BrClNS. The Kier molecular flexibility index (Phi) is 4.91. The van der Waals surface area contributed by atoms with Crippen molar-refractivity contribution in [1.82, 2.24) is 5.32 Å². The topological polar surface area (TPSA) is 12.0 Å². The Hall–Kier alpha value is 0.430. The predicted octanol–water partition coefficient (Wildman–Crippen LogP) is 4.01. The lowest BCUT2D eigenvalue weighted by atomic mass is 10.0. The predicted molar refractivity (Wildman–Crippen MR) is 68.3 cm³/mol. The lowest BCUT2D eigenvalue weighted by Crippen LogP contribution is -2.38. The molecule has 0 aliphatic rings. The summed E-state index contributed by atoms with van der Waals surface area (Å²) in [5.41, 5.74) is 0.116. The summed E-state index contributed by atoms with van der Waals surface area (Å²) in [7, 11) is 0. The van der Waals surface area contributed by atoms with Crippen LogP contribution in [0.1, 0.15) is 25.1 Å². The monoisotopic (exact) mass is 295 g/mol. The van der Waals surface area contributed by atoms with E-state index in [1.165, 1.54) is 9.35 Å². The van der Waals surface area contributed by atoms with Gasteiger partial charge in [-0.25, -0.2) is 0 Å². The molecule has 1 aromatic rings. The molecule has 0 saturated carbocycles. The number of hydrogen-bond donors (Lipinski definition) is 1. The summed E-state index contributed by atoms with van der Waals surface area (Å²) in [6.45, 7) is 5.26. The fraction of sp³-hybridized carbons (Fsp3) is 0.600. The van der Waals surface area contributed by atoms with Crippen LogP contribution >= 0.6 is 38.9 Å². The lowest BCUT2D eigenvalue weighted by molar-refractivity contribution is 0.377. The SMILES string of the molecule is CC(C)(CCCl)NCc1sccc1Br. The Morgan fingerprint density at radius 1 is 1.57 bits per heavy atom. The van der Waals surface area contributed by atoms with Gasteiger partial charge in [-0.15, -0.1) is 22.9 Å². The van der Waals surface area contributed by atoms with Gasteiger partial charge in [-0.05, 0) is 47.6 Å². The average molecular weight is 297 g/mol. The molecule has 14 heavy (non-hydrogen) atoms. The molecule has 0 bridgehead atoms. The smallest absolute Gasteiger partial charge is 0.0327 e. The van der Waals surface area contributed by atoms with Crippen molar-refractivity contribution in [3.63, 3.8) is 0 Å². The third-order valence-corrected chi connectivity index (χ3v) is 4.25. The normalized spacial score (nSPS) is 12.0. The fourth-order valence-corrected chi connectivity index (χ4v) is 3.00. The second-order valence-corrected chi connectivity index (χ2v) is 6.10. The van der Waals surface area contributed by atoms with E-state index in [2.05, 4.69) is 46.5 Å². The standard InChI is InChI=1S/C10H15BrClNS/c1-10(2,4-5-12)13-7-9-8(11)3-6-14-9/h3,6,13H,4-5,7H2,1-2H3. The first-order valence-corrected chi connectivity index (χ1v) is 6.79. The first-order chi connectivity index (χ1) is 6.55. The van der Waals surface area contributed by atoms with E-state index in [0.717, 1.165) is 13.0 Å². The van der Waals surface area contributed by atoms with E-state index in [4.69, 9.17) is 11.6 Å². The van der Waals surface area contributed by atoms with Crippen LogP contribution in [0, 0.1) is 0 Å². The van der Waals surface area contributed by atoms with Crippen LogP contribution in [0.15, 0.2) is 15.9 Å². The highest BCUT2D eigenvalue weighted by Gasteiger charge is 2.16. The molecule has 0 spiro atoms. The van der Waals surface area contributed by atoms with Crippen molar-refractivity contribution < 1.29 is 0 Å². The Morgan fingerprint density at radius 2 is 2.29 bits per heavy atom. The van der Waals surface area contributed by atoms with Crippen LogP contribution in [-0.2, 0) is 6.54 Å². The quantitative estimate of drug-likeness (QED) is 0.810. The molecule has 80 valence electrons. The summed E-state index contributed by atoms with van der Waals surface area (Å²) < 4.78 is 1.19. The van der Waals surface area contributed by atoms with E-state index >= 15 is 0 Å². The van der Waals surface area contributed by atoms with Crippen molar-refractivity contribution in [2.24, 2.45) is 0 Å². The molecule has 0 aliphatic carbocycles. The van der Waals surface area contributed by atoms with Gasteiger partial charge in [-0.3, -0.25) is 0 Å². The van der Waals surface area contributed by atoms with Crippen LogP contribution < -0.4 is 5.32 Å². The lowest BCUT2D eigenvalue weighted by Gasteiger charge is -2.25. The Bertz CT molecular complexity index is 285. The molecule has 0 amide bonds. The minimum absolute atomic E-state index is 0.116. The third-order valence-electron chi connectivity index (χ3n) is 2.14. The summed E-state index contributed by atoms with van der Waals surface area (Å²) in [6.07, 6.45) is 0.984. The van der Waals surface area contributed by atoms with Crippen molar-refractivity contribution in [2.75, 3.05) is 5.88 Å². The van der Waals surface area contributed by atoms with Crippen LogP contribution in [-0.4, -0.2) is 11.4 Å². The van der Waals surface area contributed by atoms with E-state index in [9.17, 15) is 0 Å². The molecule has 1 N–H and O–H groups in total. The number of rotatable bonds is 5. The van der Waals surface area contributed by atoms with Gasteiger partial charge >= 0.3 is 0 Å². The Labute approximate surface area is 103 Å². The molecule has 0 aliphatic heterocycles. The van der Waals surface area contributed by atoms with Gasteiger partial charge in [0.1, 0.15) is 0 Å². The zero-order valence-corrected chi connectivity index (χ0v) is 11.6. The van der Waals surface area contributed by atoms with Crippen molar-refractivity contribution in [3.05, 3.63) is 20.8 Å². The molecule has 0 unspecified atom stereocenters. The van der Waals surface area contributed by atoms with Gasteiger partial charge in [0.2, 0.25) is 0 Å². The molecule has 1 heterocycles. The first-order valence-electron chi connectivity index (χ1n) is 4.58. The van der Waals surface area contributed by atoms with Crippen molar-refractivity contribution in [3.8, 4) is 0 Å². The summed E-state index contributed by atoms with van der Waals surface area (Å²) in [4.78, 5) is 1.34. The minimum atomic E-state index is 0.116. The zero-order chi connectivity index (χ0) is 10.6. The van der Waals surface area contributed by atoms with Gasteiger partial charge in [0.15, 0.2) is 0 Å². The van der Waals surface area contributed by atoms with Crippen LogP contribution in [0.3, 0.4) is 0 Å². The highest BCUT2D eigenvalue weighted by molar-refractivity contribution is 9.10. The number of hydrogen-bond acceptors (Lipinski definition) is 2. The van der Waals surface area contributed by atoms with Gasteiger partial charge in [-0.1, -0.05) is 0 Å².